The van der Waals surface area contributed by atoms with Crippen LogP contribution in [0.5, 0.6) is 5.75 Å². The van der Waals surface area contributed by atoms with Gasteiger partial charge in [0.25, 0.3) is 0 Å². The van der Waals surface area contributed by atoms with Crippen molar-refractivity contribution in [3.05, 3.63) is 58.9 Å². The quantitative estimate of drug-likeness (QED) is 0.579. The molecular weight excluding hydrogens is 414 g/mol. The van der Waals surface area contributed by atoms with Crippen LogP contribution in [0.4, 0.5) is 0 Å². The molecule has 4 rings (SSSR count). The first-order valence-corrected chi connectivity index (χ1v) is 11.8. The lowest BCUT2D eigenvalue weighted by atomic mass is 10.1. The number of pyridine rings is 1. The third-order valence-electron chi connectivity index (χ3n) is 6.05. The second-order valence-electron chi connectivity index (χ2n) is 8.65. The highest BCUT2D eigenvalue weighted by Gasteiger charge is 2.14. The van der Waals surface area contributed by atoms with Crippen LogP contribution < -0.4 is 15.4 Å². The monoisotopic (exact) mass is 447 g/mol. The highest BCUT2D eigenvalue weighted by Crippen LogP contribution is 2.20. The average Bonchev–Trinajstić information content (AvgIpc) is 3.37. The summed E-state index contributed by atoms with van der Waals surface area (Å²) in [7, 11) is 0. The second-order valence-corrected chi connectivity index (χ2v) is 8.65. The molecule has 0 aliphatic carbocycles. The lowest BCUT2D eigenvalue weighted by molar-refractivity contribution is 0.0322. The first-order valence-electron chi connectivity index (χ1n) is 11.8. The van der Waals surface area contributed by atoms with E-state index in [0.29, 0.717) is 18.1 Å². The number of morpholine rings is 1. The first kappa shape index (κ1) is 23.4. The van der Waals surface area contributed by atoms with Gasteiger partial charge in [0.15, 0.2) is 0 Å². The minimum absolute atomic E-state index is 0.559. The maximum Gasteiger partial charge on any atom is 0.120 e. The molecule has 33 heavy (non-hydrogen) atoms. The standard InChI is InChI=1S/C26H33N5O2/c27-15-25-12-22(16-29-20-25)2-1-21-11-24(19-30-18-23-3-4-28-17-23)14-26(13-21)33-10-7-31-5-8-32-9-6-31/h1-2,11-14,16,20,23,28,30H,3-10,17-19H2/b2-1+. The summed E-state index contributed by atoms with van der Waals surface area (Å²) in [6, 6.07) is 10.4. The molecule has 0 bridgehead atoms. The van der Waals surface area contributed by atoms with E-state index in [1.54, 1.807) is 12.4 Å². The van der Waals surface area contributed by atoms with Crippen molar-refractivity contribution >= 4 is 12.2 Å². The molecule has 0 spiro atoms. The normalized spacial score (nSPS) is 19.1. The number of hydrogen-bond acceptors (Lipinski definition) is 7. The van der Waals surface area contributed by atoms with Crippen LogP contribution in [0.1, 0.15) is 28.7 Å². The Kier molecular flexibility index (Phi) is 8.84. The molecule has 1 atom stereocenters. The van der Waals surface area contributed by atoms with Crippen LogP contribution in [0.2, 0.25) is 0 Å². The van der Waals surface area contributed by atoms with Gasteiger partial charge in [-0.1, -0.05) is 18.2 Å². The SMILES string of the molecule is N#Cc1cncc(/C=C/c2cc(CNCC3CCNC3)cc(OCCN3CCOCC3)c2)c1. The zero-order valence-corrected chi connectivity index (χ0v) is 19.1. The van der Waals surface area contributed by atoms with Crippen LogP contribution in [0.15, 0.2) is 36.7 Å². The van der Waals surface area contributed by atoms with Crippen molar-refractivity contribution in [1.82, 2.24) is 20.5 Å². The van der Waals surface area contributed by atoms with Crippen molar-refractivity contribution in [3.8, 4) is 11.8 Å². The van der Waals surface area contributed by atoms with Gasteiger partial charge >= 0.3 is 0 Å². The lowest BCUT2D eigenvalue weighted by Crippen LogP contribution is -2.38. The summed E-state index contributed by atoms with van der Waals surface area (Å²) >= 11 is 0. The topological polar surface area (TPSA) is 82.4 Å². The maximum atomic E-state index is 9.11. The van der Waals surface area contributed by atoms with Crippen molar-refractivity contribution in [2.24, 2.45) is 5.92 Å². The summed E-state index contributed by atoms with van der Waals surface area (Å²) in [5.74, 6) is 1.59. The smallest absolute Gasteiger partial charge is 0.120 e. The van der Waals surface area contributed by atoms with Gasteiger partial charge in [-0.25, -0.2) is 0 Å². The highest BCUT2D eigenvalue weighted by atomic mass is 16.5. The maximum absolute atomic E-state index is 9.11. The van der Waals surface area contributed by atoms with Crippen molar-refractivity contribution in [3.63, 3.8) is 0 Å². The molecule has 1 aromatic heterocycles. The number of rotatable bonds is 10. The largest absolute Gasteiger partial charge is 0.492 e. The Bertz CT molecular complexity index is 959. The van der Waals surface area contributed by atoms with Gasteiger partial charge in [0.2, 0.25) is 0 Å². The summed E-state index contributed by atoms with van der Waals surface area (Å²) in [4.78, 5) is 6.51. The molecule has 2 fully saturated rings. The van der Waals surface area contributed by atoms with Crippen LogP contribution in [0.25, 0.3) is 12.2 Å². The average molecular weight is 448 g/mol. The Morgan fingerprint density at radius 3 is 2.88 bits per heavy atom. The molecule has 2 saturated heterocycles. The minimum atomic E-state index is 0.559. The van der Waals surface area contributed by atoms with E-state index < -0.39 is 0 Å². The zero-order chi connectivity index (χ0) is 22.7. The van der Waals surface area contributed by atoms with Gasteiger partial charge in [-0.15, -0.1) is 0 Å². The van der Waals surface area contributed by atoms with Crippen molar-refractivity contribution in [1.29, 1.82) is 5.26 Å². The second kappa shape index (κ2) is 12.5. The fourth-order valence-corrected chi connectivity index (χ4v) is 4.20. The highest BCUT2D eigenvalue weighted by molar-refractivity contribution is 5.70. The van der Waals surface area contributed by atoms with Gasteiger partial charge in [-0.2, -0.15) is 5.26 Å². The number of ether oxygens (including phenoxy) is 2. The molecule has 0 radical (unpaired) electrons. The van der Waals surface area contributed by atoms with Gasteiger partial charge in [0, 0.05) is 38.6 Å². The van der Waals surface area contributed by atoms with E-state index in [2.05, 4.69) is 50.9 Å². The van der Waals surface area contributed by atoms with E-state index in [4.69, 9.17) is 14.7 Å². The van der Waals surface area contributed by atoms with Crippen LogP contribution in [0, 0.1) is 17.2 Å². The van der Waals surface area contributed by atoms with Crippen molar-refractivity contribution < 1.29 is 9.47 Å². The Morgan fingerprint density at radius 2 is 2.06 bits per heavy atom. The van der Waals surface area contributed by atoms with E-state index in [0.717, 1.165) is 75.9 Å². The Hall–Kier alpha value is -2.76. The first-order chi connectivity index (χ1) is 16.3. The third-order valence-corrected chi connectivity index (χ3v) is 6.05. The van der Waals surface area contributed by atoms with Crippen molar-refractivity contribution in [2.75, 3.05) is 59.1 Å². The van der Waals surface area contributed by atoms with Gasteiger partial charge in [0.1, 0.15) is 18.4 Å². The van der Waals surface area contributed by atoms with Gasteiger partial charge in [0.05, 0.1) is 18.8 Å². The van der Waals surface area contributed by atoms with E-state index in [-0.39, 0.29) is 0 Å². The number of benzene rings is 1. The van der Waals surface area contributed by atoms with Crippen LogP contribution >= 0.6 is 0 Å². The van der Waals surface area contributed by atoms with E-state index >= 15 is 0 Å². The van der Waals surface area contributed by atoms with Crippen LogP contribution in [0.3, 0.4) is 0 Å². The summed E-state index contributed by atoms with van der Waals surface area (Å²) in [5, 5.41) is 16.1. The van der Waals surface area contributed by atoms with E-state index in [9.17, 15) is 0 Å². The van der Waals surface area contributed by atoms with Gasteiger partial charge in [-0.3, -0.25) is 9.88 Å². The molecule has 2 aromatic rings. The van der Waals surface area contributed by atoms with Crippen molar-refractivity contribution in [2.45, 2.75) is 13.0 Å². The number of nitrogens with one attached hydrogen (secondary N) is 2. The third kappa shape index (κ3) is 7.65. The Balaban J connectivity index is 1.41. The van der Waals surface area contributed by atoms with E-state index in [1.165, 1.54) is 12.0 Å². The number of nitrogens with zero attached hydrogens (tertiary/aromatic N) is 3. The predicted octanol–water partition coefficient (Wildman–Crippen LogP) is 2.53. The van der Waals surface area contributed by atoms with Gasteiger partial charge < -0.3 is 20.1 Å². The fraction of sp³-hybridized carbons (Fsp3) is 0.462. The summed E-state index contributed by atoms with van der Waals surface area (Å²) < 4.78 is 11.6. The molecule has 3 heterocycles. The summed E-state index contributed by atoms with van der Waals surface area (Å²) in [6.45, 7) is 9.14. The minimum Gasteiger partial charge on any atom is -0.492 e. The molecule has 7 nitrogen and oxygen atoms in total. The molecule has 2 aliphatic rings. The number of nitriles is 1. The molecule has 1 aromatic carbocycles. The van der Waals surface area contributed by atoms with Gasteiger partial charge in [-0.05, 0) is 66.9 Å². The molecule has 174 valence electrons. The molecule has 7 heteroatoms. The number of hydrogen-bond donors (Lipinski definition) is 2. The Labute approximate surface area is 196 Å². The molecule has 0 saturated carbocycles. The lowest BCUT2D eigenvalue weighted by Gasteiger charge is -2.26. The number of aromatic nitrogens is 1. The molecule has 2 aliphatic heterocycles. The molecule has 0 amide bonds. The van der Waals surface area contributed by atoms with Crippen LogP contribution in [-0.2, 0) is 11.3 Å². The molecular formula is C26H33N5O2. The van der Waals surface area contributed by atoms with Crippen LogP contribution in [-0.4, -0.2) is 69.0 Å². The summed E-state index contributed by atoms with van der Waals surface area (Å²) in [5.41, 5.74) is 3.73. The fourth-order valence-electron chi connectivity index (χ4n) is 4.20. The zero-order valence-electron chi connectivity index (χ0n) is 19.1. The molecule has 1 unspecified atom stereocenters. The van der Waals surface area contributed by atoms with E-state index in [1.807, 2.05) is 12.1 Å². The summed E-state index contributed by atoms with van der Waals surface area (Å²) in [6.07, 6.45) is 8.61. The molecule has 2 N–H and O–H groups in total. The predicted molar refractivity (Wildman–Crippen MR) is 130 cm³/mol. The Morgan fingerprint density at radius 1 is 1.18 bits per heavy atom.